The number of nitrogens with two attached hydrogens (primary N) is 1. The van der Waals surface area contributed by atoms with Gasteiger partial charge in [0.05, 0.1) is 6.54 Å². The number of fused-ring (bicyclic) bond motifs is 1. The molecule has 4 rings (SSSR count). The molecule has 2 aliphatic rings. The lowest BCUT2D eigenvalue weighted by molar-refractivity contribution is 0.263. The van der Waals surface area contributed by atoms with Crippen molar-refractivity contribution < 1.29 is 4.39 Å². The Balaban J connectivity index is 0.00000225. The molecule has 1 saturated heterocycles. The summed E-state index contributed by atoms with van der Waals surface area (Å²) in [4.78, 5) is 13.0. The molecule has 0 bridgehead atoms. The van der Waals surface area contributed by atoms with Crippen LogP contribution >= 0.6 is 35.3 Å². The summed E-state index contributed by atoms with van der Waals surface area (Å²) in [5, 5.41) is 2.19. The Hall–Kier alpha value is -1.39. The van der Waals surface area contributed by atoms with Gasteiger partial charge in [-0.3, -0.25) is 9.89 Å². The Labute approximate surface area is 187 Å². The van der Waals surface area contributed by atoms with Crippen molar-refractivity contribution in [1.29, 1.82) is 0 Å². The van der Waals surface area contributed by atoms with Gasteiger partial charge in [0.15, 0.2) is 5.96 Å². The van der Waals surface area contributed by atoms with Crippen LogP contribution < -0.4 is 10.6 Å². The molecule has 0 amide bonds. The standard InChI is InChI=1S/C20H26FN5S.HI/c21-17-1-3-18(4-2-17)25-10-12-26(13-11-25)20(22)23-7-9-24-8-5-19-16(15-24)6-14-27-19;/h1-4,6,14H,5,7-13,15H2,(H2,22,23);1H. The van der Waals surface area contributed by atoms with Crippen molar-refractivity contribution in [1.82, 2.24) is 9.80 Å². The van der Waals surface area contributed by atoms with E-state index < -0.39 is 0 Å². The summed E-state index contributed by atoms with van der Waals surface area (Å²) in [6, 6.07) is 8.93. The molecule has 0 saturated carbocycles. The monoisotopic (exact) mass is 515 g/mol. The van der Waals surface area contributed by atoms with E-state index in [0.29, 0.717) is 5.96 Å². The number of hydrogen-bond donors (Lipinski definition) is 1. The topological polar surface area (TPSA) is 48.1 Å². The Kier molecular flexibility index (Phi) is 7.53. The van der Waals surface area contributed by atoms with E-state index in [4.69, 9.17) is 5.73 Å². The normalized spacial score (nSPS) is 18.0. The predicted molar refractivity (Wildman–Crippen MR) is 125 cm³/mol. The molecule has 1 aromatic carbocycles. The van der Waals surface area contributed by atoms with Crippen molar-refractivity contribution in [2.24, 2.45) is 10.7 Å². The van der Waals surface area contributed by atoms with Gasteiger partial charge < -0.3 is 15.5 Å². The van der Waals surface area contributed by atoms with E-state index in [0.717, 1.165) is 64.5 Å². The van der Waals surface area contributed by atoms with E-state index in [1.807, 2.05) is 23.5 Å². The third-order valence-electron chi connectivity index (χ3n) is 5.37. The summed E-state index contributed by atoms with van der Waals surface area (Å²) in [6.07, 6.45) is 1.15. The zero-order valence-corrected chi connectivity index (χ0v) is 19.0. The first-order valence-corrected chi connectivity index (χ1v) is 10.4. The maximum atomic E-state index is 13.1. The second-order valence-corrected chi connectivity index (χ2v) is 8.09. The molecule has 0 aliphatic carbocycles. The van der Waals surface area contributed by atoms with Crippen LogP contribution in [0.2, 0.25) is 0 Å². The predicted octanol–water partition coefficient (Wildman–Crippen LogP) is 3.00. The van der Waals surface area contributed by atoms with Gasteiger partial charge in [-0.05, 0) is 47.7 Å². The number of rotatable bonds is 4. The average Bonchev–Trinajstić information content (AvgIpc) is 3.16. The minimum Gasteiger partial charge on any atom is -0.370 e. The van der Waals surface area contributed by atoms with Gasteiger partial charge in [-0.25, -0.2) is 4.39 Å². The lowest BCUT2D eigenvalue weighted by Gasteiger charge is -2.36. The fourth-order valence-corrected chi connectivity index (χ4v) is 4.64. The van der Waals surface area contributed by atoms with Crippen molar-refractivity contribution in [2.75, 3.05) is 50.7 Å². The fourth-order valence-electron chi connectivity index (χ4n) is 3.75. The second-order valence-electron chi connectivity index (χ2n) is 7.09. The van der Waals surface area contributed by atoms with Gasteiger partial charge in [-0.2, -0.15) is 0 Å². The van der Waals surface area contributed by atoms with Crippen molar-refractivity contribution in [2.45, 2.75) is 13.0 Å². The highest BCUT2D eigenvalue weighted by Crippen LogP contribution is 2.23. The first-order chi connectivity index (χ1) is 13.2. The Bertz CT molecular complexity index is 786. The maximum Gasteiger partial charge on any atom is 0.191 e. The highest BCUT2D eigenvalue weighted by atomic mass is 127. The van der Waals surface area contributed by atoms with Gasteiger partial charge in [0.2, 0.25) is 0 Å². The quantitative estimate of drug-likeness (QED) is 0.387. The van der Waals surface area contributed by atoms with Gasteiger partial charge in [-0.1, -0.05) is 0 Å². The molecule has 0 spiro atoms. The molecule has 0 radical (unpaired) electrons. The van der Waals surface area contributed by atoms with Crippen LogP contribution in [-0.4, -0.2) is 61.6 Å². The summed E-state index contributed by atoms with van der Waals surface area (Å²) in [7, 11) is 0. The van der Waals surface area contributed by atoms with E-state index in [2.05, 4.69) is 31.1 Å². The van der Waals surface area contributed by atoms with E-state index in [-0.39, 0.29) is 29.8 Å². The molecule has 1 fully saturated rings. The fraction of sp³-hybridized carbons (Fsp3) is 0.450. The number of nitrogens with zero attached hydrogens (tertiary/aromatic N) is 4. The Morgan fingerprint density at radius 3 is 2.57 bits per heavy atom. The second kappa shape index (κ2) is 9.89. The van der Waals surface area contributed by atoms with Gasteiger partial charge in [-0.15, -0.1) is 35.3 Å². The molecule has 0 atom stereocenters. The van der Waals surface area contributed by atoms with Gasteiger partial charge in [0, 0.05) is 56.4 Å². The number of halogens is 2. The van der Waals surface area contributed by atoms with Crippen molar-refractivity contribution in [3.63, 3.8) is 0 Å². The van der Waals surface area contributed by atoms with Crippen molar-refractivity contribution >= 4 is 47.0 Å². The minimum absolute atomic E-state index is 0. The summed E-state index contributed by atoms with van der Waals surface area (Å²) >= 11 is 1.87. The first-order valence-electron chi connectivity index (χ1n) is 9.52. The van der Waals surface area contributed by atoms with E-state index in [1.165, 1.54) is 22.6 Å². The van der Waals surface area contributed by atoms with Crippen LogP contribution in [0.1, 0.15) is 10.4 Å². The van der Waals surface area contributed by atoms with Crippen molar-refractivity contribution in [3.8, 4) is 0 Å². The number of piperazine rings is 1. The molecular formula is C20H27FIN5S. The lowest BCUT2D eigenvalue weighted by atomic mass is 10.1. The number of aliphatic imine (C=N–C) groups is 1. The van der Waals surface area contributed by atoms with Crippen LogP contribution in [0.25, 0.3) is 0 Å². The number of thiophene rings is 1. The molecule has 2 N–H and O–H groups in total. The van der Waals surface area contributed by atoms with E-state index in [9.17, 15) is 4.39 Å². The zero-order valence-electron chi connectivity index (χ0n) is 15.9. The van der Waals surface area contributed by atoms with Gasteiger partial charge in [0.25, 0.3) is 0 Å². The van der Waals surface area contributed by atoms with E-state index >= 15 is 0 Å². The first kappa shape index (κ1) is 21.3. The molecule has 152 valence electrons. The summed E-state index contributed by atoms with van der Waals surface area (Å²) in [6.45, 7) is 7.26. The number of anilines is 1. The summed E-state index contributed by atoms with van der Waals surface area (Å²) in [5.41, 5.74) is 8.75. The van der Waals surface area contributed by atoms with E-state index in [1.54, 1.807) is 0 Å². The zero-order chi connectivity index (χ0) is 18.6. The molecule has 2 aliphatic heterocycles. The number of benzene rings is 1. The highest BCUT2D eigenvalue weighted by molar-refractivity contribution is 14.0. The van der Waals surface area contributed by atoms with Crippen LogP contribution in [-0.2, 0) is 13.0 Å². The summed E-state index contributed by atoms with van der Waals surface area (Å²) < 4.78 is 13.1. The van der Waals surface area contributed by atoms with Gasteiger partial charge in [0.1, 0.15) is 5.82 Å². The molecular weight excluding hydrogens is 488 g/mol. The summed E-state index contributed by atoms with van der Waals surface area (Å²) in [5.74, 6) is 0.444. The molecule has 0 unspecified atom stereocenters. The number of hydrogen-bond acceptors (Lipinski definition) is 4. The minimum atomic E-state index is -0.197. The third kappa shape index (κ3) is 5.15. The Morgan fingerprint density at radius 2 is 1.82 bits per heavy atom. The van der Waals surface area contributed by atoms with Crippen LogP contribution in [0, 0.1) is 5.82 Å². The number of guanidine groups is 1. The highest BCUT2D eigenvalue weighted by Gasteiger charge is 2.19. The van der Waals surface area contributed by atoms with Gasteiger partial charge >= 0.3 is 0 Å². The molecule has 5 nitrogen and oxygen atoms in total. The SMILES string of the molecule is I.NC(=NCCN1CCc2sccc2C1)N1CCN(c2ccc(F)cc2)CC1. The van der Waals surface area contributed by atoms with Crippen LogP contribution in [0.3, 0.4) is 0 Å². The van der Waals surface area contributed by atoms with Crippen LogP contribution in [0.4, 0.5) is 10.1 Å². The van der Waals surface area contributed by atoms with Crippen molar-refractivity contribution in [3.05, 3.63) is 52.0 Å². The Morgan fingerprint density at radius 1 is 1.07 bits per heavy atom. The largest absolute Gasteiger partial charge is 0.370 e. The smallest absolute Gasteiger partial charge is 0.191 e. The molecule has 2 aromatic rings. The third-order valence-corrected chi connectivity index (χ3v) is 6.40. The molecule has 8 heteroatoms. The average molecular weight is 515 g/mol. The molecule has 28 heavy (non-hydrogen) atoms. The van der Waals surface area contributed by atoms with Crippen LogP contribution in [0.5, 0.6) is 0 Å². The lowest BCUT2D eigenvalue weighted by Crippen LogP contribution is -2.51. The van der Waals surface area contributed by atoms with Crippen LogP contribution in [0.15, 0.2) is 40.7 Å². The molecule has 1 aromatic heterocycles. The molecule has 3 heterocycles. The maximum absolute atomic E-state index is 13.1.